The molecule has 2 rings (SSSR count). The lowest BCUT2D eigenvalue weighted by Crippen LogP contribution is -2.38. The Morgan fingerprint density at radius 2 is 2.00 bits per heavy atom. The highest BCUT2D eigenvalue weighted by molar-refractivity contribution is 4.92. The first-order chi connectivity index (χ1) is 8.56. The van der Waals surface area contributed by atoms with Gasteiger partial charge in [0.2, 0.25) is 5.89 Å². The van der Waals surface area contributed by atoms with Crippen molar-refractivity contribution in [3.63, 3.8) is 0 Å². The van der Waals surface area contributed by atoms with Gasteiger partial charge in [-0.1, -0.05) is 5.16 Å². The summed E-state index contributed by atoms with van der Waals surface area (Å²) in [6, 6.07) is 0.504. The van der Waals surface area contributed by atoms with Crippen LogP contribution in [0.2, 0.25) is 0 Å². The molecule has 1 saturated heterocycles. The van der Waals surface area contributed by atoms with Crippen LogP contribution >= 0.6 is 0 Å². The van der Waals surface area contributed by atoms with Crippen LogP contribution in [0.25, 0.3) is 0 Å². The van der Waals surface area contributed by atoms with Crippen LogP contribution in [0.1, 0.15) is 51.4 Å². The molecule has 102 valence electrons. The summed E-state index contributed by atoms with van der Waals surface area (Å²) in [6.45, 7) is 8.74. The van der Waals surface area contributed by atoms with Crippen molar-refractivity contribution in [2.75, 3.05) is 13.1 Å². The molecule has 1 unspecified atom stereocenters. The fourth-order valence-corrected chi connectivity index (χ4v) is 2.46. The normalized spacial score (nSPS) is 20.5. The van der Waals surface area contributed by atoms with Gasteiger partial charge in [-0.25, -0.2) is 0 Å². The molecular formula is C13H24N4O. The highest BCUT2D eigenvalue weighted by atomic mass is 16.5. The largest absolute Gasteiger partial charge is 0.339 e. The maximum absolute atomic E-state index is 5.72. The van der Waals surface area contributed by atoms with Gasteiger partial charge >= 0.3 is 0 Å². The number of nitrogens with two attached hydrogens (primary N) is 1. The first-order valence-corrected chi connectivity index (χ1v) is 6.88. The van der Waals surface area contributed by atoms with Gasteiger partial charge in [-0.15, -0.1) is 0 Å². The van der Waals surface area contributed by atoms with Crippen LogP contribution in [-0.4, -0.2) is 34.2 Å². The molecule has 2 heterocycles. The van der Waals surface area contributed by atoms with E-state index < -0.39 is 0 Å². The molecule has 0 amide bonds. The summed E-state index contributed by atoms with van der Waals surface area (Å²) in [7, 11) is 0. The average molecular weight is 252 g/mol. The fourth-order valence-electron chi connectivity index (χ4n) is 2.46. The molecule has 0 saturated carbocycles. The van der Waals surface area contributed by atoms with Gasteiger partial charge in [0, 0.05) is 12.5 Å². The van der Waals surface area contributed by atoms with Gasteiger partial charge in [0.05, 0.1) is 6.04 Å². The third kappa shape index (κ3) is 3.29. The Kier molecular flexibility index (Phi) is 4.35. The third-order valence-electron chi connectivity index (χ3n) is 3.73. The van der Waals surface area contributed by atoms with Gasteiger partial charge in [-0.05, 0) is 52.6 Å². The minimum atomic E-state index is -0.148. The Morgan fingerprint density at radius 3 is 2.50 bits per heavy atom. The summed E-state index contributed by atoms with van der Waals surface area (Å²) in [5.74, 6) is 2.02. The van der Waals surface area contributed by atoms with Crippen molar-refractivity contribution in [2.24, 2.45) is 11.7 Å². The molecule has 0 aliphatic carbocycles. The SMILES string of the molecule is CC(N)c1noc(CC2CCN(C(C)C)CC2)n1. The molecule has 1 aliphatic heterocycles. The van der Waals surface area contributed by atoms with Crippen molar-refractivity contribution in [3.05, 3.63) is 11.7 Å². The van der Waals surface area contributed by atoms with E-state index in [-0.39, 0.29) is 6.04 Å². The topological polar surface area (TPSA) is 68.2 Å². The molecule has 1 fully saturated rings. The smallest absolute Gasteiger partial charge is 0.226 e. The van der Waals surface area contributed by atoms with Gasteiger partial charge in [0.15, 0.2) is 5.82 Å². The van der Waals surface area contributed by atoms with Gasteiger partial charge in [0.1, 0.15) is 0 Å². The van der Waals surface area contributed by atoms with Crippen LogP contribution in [0.4, 0.5) is 0 Å². The van der Waals surface area contributed by atoms with E-state index in [0.29, 0.717) is 17.8 Å². The standard InChI is InChI=1S/C13H24N4O/c1-9(2)17-6-4-11(5-7-17)8-12-15-13(10(3)14)16-18-12/h9-11H,4-8,14H2,1-3H3. The first-order valence-electron chi connectivity index (χ1n) is 6.88. The van der Waals surface area contributed by atoms with Crippen molar-refractivity contribution < 1.29 is 4.52 Å². The van der Waals surface area contributed by atoms with E-state index in [1.54, 1.807) is 0 Å². The van der Waals surface area contributed by atoms with Crippen LogP contribution in [0.15, 0.2) is 4.52 Å². The summed E-state index contributed by atoms with van der Waals surface area (Å²) in [6.07, 6.45) is 3.33. The maximum Gasteiger partial charge on any atom is 0.226 e. The zero-order valence-electron chi connectivity index (χ0n) is 11.6. The molecule has 1 aromatic heterocycles. The molecule has 1 aliphatic rings. The molecule has 18 heavy (non-hydrogen) atoms. The van der Waals surface area contributed by atoms with Crippen LogP contribution in [0.5, 0.6) is 0 Å². The van der Waals surface area contributed by atoms with Gasteiger partial charge in [-0.2, -0.15) is 4.98 Å². The number of hydrogen-bond acceptors (Lipinski definition) is 5. The van der Waals surface area contributed by atoms with Crippen LogP contribution in [-0.2, 0) is 6.42 Å². The molecule has 5 nitrogen and oxygen atoms in total. The van der Waals surface area contributed by atoms with Gasteiger partial charge in [-0.3, -0.25) is 0 Å². The maximum atomic E-state index is 5.72. The van der Waals surface area contributed by atoms with Gasteiger partial charge < -0.3 is 15.2 Å². The highest BCUT2D eigenvalue weighted by Crippen LogP contribution is 2.22. The highest BCUT2D eigenvalue weighted by Gasteiger charge is 2.23. The Balaban J connectivity index is 1.84. The lowest BCUT2D eigenvalue weighted by molar-refractivity contribution is 0.145. The van der Waals surface area contributed by atoms with E-state index in [1.165, 1.54) is 25.9 Å². The number of piperidine rings is 1. The van der Waals surface area contributed by atoms with Crippen LogP contribution in [0, 0.1) is 5.92 Å². The van der Waals surface area contributed by atoms with Crippen molar-refractivity contribution in [2.45, 2.75) is 52.1 Å². The first kappa shape index (κ1) is 13.5. The molecule has 1 atom stereocenters. The summed E-state index contributed by atoms with van der Waals surface area (Å²) in [5, 5.41) is 3.90. The summed E-state index contributed by atoms with van der Waals surface area (Å²) >= 11 is 0. The van der Waals surface area contributed by atoms with E-state index in [2.05, 4.69) is 28.9 Å². The number of nitrogens with zero attached hydrogens (tertiary/aromatic N) is 3. The molecule has 0 radical (unpaired) electrons. The predicted octanol–water partition coefficient (Wildman–Crippen LogP) is 1.75. The number of likely N-dealkylation sites (tertiary alicyclic amines) is 1. The Bertz CT molecular complexity index is 367. The van der Waals surface area contributed by atoms with Crippen molar-refractivity contribution in [1.29, 1.82) is 0 Å². The van der Waals surface area contributed by atoms with Crippen LogP contribution < -0.4 is 5.73 Å². The number of hydrogen-bond donors (Lipinski definition) is 1. The predicted molar refractivity (Wildman–Crippen MR) is 70.0 cm³/mol. The van der Waals surface area contributed by atoms with Crippen molar-refractivity contribution in [1.82, 2.24) is 15.0 Å². The molecule has 2 N–H and O–H groups in total. The summed E-state index contributed by atoms with van der Waals surface area (Å²) in [4.78, 5) is 6.87. The summed E-state index contributed by atoms with van der Waals surface area (Å²) < 4.78 is 5.25. The molecule has 0 spiro atoms. The van der Waals surface area contributed by atoms with E-state index in [4.69, 9.17) is 10.3 Å². The van der Waals surface area contributed by atoms with E-state index in [0.717, 1.165) is 12.3 Å². The summed E-state index contributed by atoms with van der Waals surface area (Å²) in [5.41, 5.74) is 5.72. The molecule has 0 bridgehead atoms. The van der Waals surface area contributed by atoms with E-state index >= 15 is 0 Å². The zero-order valence-corrected chi connectivity index (χ0v) is 11.6. The number of aromatic nitrogens is 2. The van der Waals surface area contributed by atoms with E-state index in [9.17, 15) is 0 Å². The third-order valence-corrected chi connectivity index (χ3v) is 3.73. The van der Waals surface area contributed by atoms with Crippen molar-refractivity contribution in [3.8, 4) is 0 Å². The van der Waals surface area contributed by atoms with Crippen LogP contribution in [0.3, 0.4) is 0 Å². The fraction of sp³-hybridized carbons (Fsp3) is 0.846. The lowest BCUT2D eigenvalue weighted by atomic mass is 9.93. The Morgan fingerprint density at radius 1 is 1.33 bits per heavy atom. The lowest BCUT2D eigenvalue weighted by Gasteiger charge is -2.34. The number of rotatable bonds is 4. The molecular weight excluding hydrogens is 228 g/mol. The molecule has 5 heteroatoms. The van der Waals surface area contributed by atoms with Crippen molar-refractivity contribution >= 4 is 0 Å². The second kappa shape index (κ2) is 5.80. The molecule has 1 aromatic rings. The molecule has 0 aromatic carbocycles. The monoisotopic (exact) mass is 252 g/mol. The minimum Gasteiger partial charge on any atom is -0.339 e. The van der Waals surface area contributed by atoms with Gasteiger partial charge in [0.25, 0.3) is 0 Å². The second-order valence-electron chi connectivity index (χ2n) is 5.61. The van der Waals surface area contributed by atoms with E-state index in [1.807, 2.05) is 6.92 Å². The zero-order chi connectivity index (χ0) is 13.1. The quantitative estimate of drug-likeness (QED) is 0.884. The second-order valence-corrected chi connectivity index (χ2v) is 5.61. The minimum absolute atomic E-state index is 0.148. The Hall–Kier alpha value is -0.940. The Labute approximate surface area is 109 Å². The average Bonchev–Trinajstić information content (AvgIpc) is 2.78.